The average molecular weight is 413 g/mol. The molecule has 0 N–H and O–H groups in total. The van der Waals surface area contributed by atoms with Gasteiger partial charge in [-0.05, 0) is 41.8 Å². The SMILES string of the molecule is COC(=O)Cc1c(C)cc2nc(N3CC=CC3=O)sc2c1-c1ccc(Cl)cc1. The molecule has 0 saturated carbocycles. The van der Waals surface area contributed by atoms with Gasteiger partial charge in [0.05, 0.1) is 23.7 Å². The molecule has 0 radical (unpaired) electrons. The Balaban J connectivity index is 1.95. The van der Waals surface area contributed by atoms with Crippen LogP contribution in [0.2, 0.25) is 5.02 Å². The number of ether oxygens (including phenoxy) is 1. The number of anilines is 1. The molecular weight excluding hydrogens is 396 g/mol. The summed E-state index contributed by atoms with van der Waals surface area (Å²) in [4.78, 5) is 30.5. The summed E-state index contributed by atoms with van der Waals surface area (Å²) < 4.78 is 5.83. The number of rotatable bonds is 4. The minimum Gasteiger partial charge on any atom is -0.469 e. The van der Waals surface area contributed by atoms with Crippen molar-refractivity contribution < 1.29 is 14.3 Å². The number of thiazole rings is 1. The number of benzene rings is 2. The van der Waals surface area contributed by atoms with Crippen LogP contribution >= 0.6 is 22.9 Å². The highest BCUT2D eigenvalue weighted by molar-refractivity contribution is 7.23. The summed E-state index contributed by atoms with van der Waals surface area (Å²) in [5.74, 6) is -0.375. The average Bonchev–Trinajstić information content (AvgIpc) is 3.28. The van der Waals surface area contributed by atoms with E-state index in [4.69, 9.17) is 21.3 Å². The first-order valence-corrected chi connectivity index (χ1v) is 9.91. The van der Waals surface area contributed by atoms with E-state index in [0.717, 1.165) is 32.5 Å². The fourth-order valence-electron chi connectivity index (χ4n) is 3.32. The van der Waals surface area contributed by atoms with Gasteiger partial charge in [-0.1, -0.05) is 41.1 Å². The maximum absolute atomic E-state index is 12.1. The van der Waals surface area contributed by atoms with Gasteiger partial charge >= 0.3 is 5.97 Å². The Morgan fingerprint density at radius 2 is 2.07 bits per heavy atom. The van der Waals surface area contributed by atoms with Crippen LogP contribution in [0, 0.1) is 6.92 Å². The fraction of sp³-hybridized carbons (Fsp3) is 0.190. The number of methoxy groups -OCH3 is 1. The smallest absolute Gasteiger partial charge is 0.310 e. The highest BCUT2D eigenvalue weighted by atomic mass is 35.5. The molecule has 2 aromatic carbocycles. The predicted molar refractivity (Wildman–Crippen MR) is 112 cm³/mol. The monoisotopic (exact) mass is 412 g/mol. The maximum Gasteiger partial charge on any atom is 0.310 e. The summed E-state index contributed by atoms with van der Waals surface area (Å²) in [6.07, 6.45) is 3.54. The second kappa shape index (κ2) is 7.37. The summed E-state index contributed by atoms with van der Waals surface area (Å²) >= 11 is 7.52. The van der Waals surface area contributed by atoms with Crippen molar-refractivity contribution in [3.63, 3.8) is 0 Å². The van der Waals surface area contributed by atoms with Gasteiger partial charge in [0, 0.05) is 23.2 Å². The van der Waals surface area contributed by atoms with Crippen LogP contribution < -0.4 is 4.90 Å². The molecule has 1 aliphatic rings. The number of hydrogen-bond donors (Lipinski definition) is 0. The molecule has 3 aromatic rings. The van der Waals surface area contributed by atoms with Gasteiger partial charge in [0.15, 0.2) is 5.13 Å². The third kappa shape index (κ3) is 3.30. The van der Waals surface area contributed by atoms with Crippen molar-refractivity contribution in [2.24, 2.45) is 0 Å². The lowest BCUT2D eigenvalue weighted by Gasteiger charge is -2.13. The third-order valence-corrected chi connectivity index (χ3v) is 6.09. The van der Waals surface area contributed by atoms with Gasteiger partial charge in [-0.25, -0.2) is 4.98 Å². The van der Waals surface area contributed by atoms with Crippen LogP contribution in [-0.2, 0) is 20.7 Å². The standard InChI is InChI=1S/C21H17ClN2O3S/c1-12-10-16-20(28-21(23-16)24-9-3-4-17(24)25)19(15(12)11-18(26)27-2)13-5-7-14(22)8-6-13/h3-8,10H,9,11H2,1-2H3. The number of carbonyl (C=O) groups excluding carboxylic acids is 2. The van der Waals surface area contributed by atoms with Crippen molar-refractivity contribution >= 4 is 50.2 Å². The van der Waals surface area contributed by atoms with E-state index in [2.05, 4.69) is 0 Å². The van der Waals surface area contributed by atoms with Crippen molar-refractivity contribution in [2.45, 2.75) is 13.3 Å². The van der Waals surface area contributed by atoms with Crippen LogP contribution in [0.1, 0.15) is 11.1 Å². The van der Waals surface area contributed by atoms with Gasteiger partial charge in [0.2, 0.25) is 0 Å². The van der Waals surface area contributed by atoms with E-state index in [1.54, 1.807) is 11.0 Å². The van der Waals surface area contributed by atoms with Crippen LogP contribution in [-0.4, -0.2) is 30.5 Å². The molecule has 0 fully saturated rings. The number of amides is 1. The van der Waals surface area contributed by atoms with Crippen LogP contribution in [0.4, 0.5) is 5.13 Å². The van der Waals surface area contributed by atoms with Crippen molar-refractivity contribution in [2.75, 3.05) is 18.6 Å². The summed E-state index contributed by atoms with van der Waals surface area (Å²) in [6.45, 7) is 2.47. The van der Waals surface area contributed by atoms with Gasteiger partial charge in [-0.2, -0.15) is 0 Å². The van der Waals surface area contributed by atoms with Crippen molar-refractivity contribution in [1.29, 1.82) is 0 Å². The number of fused-ring (bicyclic) bond motifs is 1. The first kappa shape index (κ1) is 18.7. The lowest BCUT2D eigenvalue weighted by atomic mass is 9.93. The first-order valence-electron chi connectivity index (χ1n) is 8.71. The van der Waals surface area contributed by atoms with E-state index in [9.17, 15) is 9.59 Å². The molecule has 0 aliphatic carbocycles. The Hall–Kier alpha value is -2.70. The molecule has 0 unspecified atom stereocenters. The molecule has 28 heavy (non-hydrogen) atoms. The zero-order valence-corrected chi connectivity index (χ0v) is 16.9. The van der Waals surface area contributed by atoms with E-state index in [-0.39, 0.29) is 18.3 Å². The topological polar surface area (TPSA) is 59.5 Å². The normalized spacial score (nSPS) is 13.5. The largest absolute Gasteiger partial charge is 0.469 e. The predicted octanol–water partition coefficient (Wildman–Crippen LogP) is 4.54. The Kier molecular flexibility index (Phi) is 4.91. The molecule has 4 rings (SSSR count). The molecule has 1 aromatic heterocycles. The number of esters is 1. The number of aryl methyl sites for hydroxylation is 1. The zero-order chi connectivity index (χ0) is 19.8. The number of halogens is 1. The van der Waals surface area contributed by atoms with E-state index < -0.39 is 0 Å². The Morgan fingerprint density at radius 1 is 1.32 bits per heavy atom. The van der Waals surface area contributed by atoms with Gasteiger partial charge < -0.3 is 4.74 Å². The molecule has 1 aliphatic heterocycles. The third-order valence-electron chi connectivity index (χ3n) is 4.73. The molecule has 1 amide bonds. The molecule has 5 nitrogen and oxygen atoms in total. The van der Waals surface area contributed by atoms with Crippen LogP contribution in [0.5, 0.6) is 0 Å². The fourth-order valence-corrected chi connectivity index (χ4v) is 4.60. The zero-order valence-electron chi connectivity index (χ0n) is 15.4. The van der Waals surface area contributed by atoms with Gasteiger partial charge in [0.25, 0.3) is 5.91 Å². The Labute approximate surface area is 171 Å². The molecule has 7 heteroatoms. The highest BCUT2D eigenvalue weighted by Gasteiger charge is 2.24. The summed E-state index contributed by atoms with van der Waals surface area (Å²) in [7, 11) is 1.38. The molecule has 0 spiro atoms. The van der Waals surface area contributed by atoms with E-state index >= 15 is 0 Å². The molecule has 142 valence electrons. The van der Waals surface area contributed by atoms with E-state index in [1.165, 1.54) is 18.4 Å². The molecule has 2 heterocycles. The van der Waals surface area contributed by atoms with Crippen molar-refractivity contribution in [1.82, 2.24) is 4.98 Å². The molecule has 0 bridgehead atoms. The summed E-state index contributed by atoms with van der Waals surface area (Å²) in [5.41, 5.74) is 4.52. The van der Waals surface area contributed by atoms with Crippen LogP contribution in [0.15, 0.2) is 42.5 Å². The molecule has 0 atom stereocenters. The maximum atomic E-state index is 12.1. The lowest BCUT2D eigenvalue weighted by Crippen LogP contribution is -2.24. The Bertz CT molecular complexity index is 1120. The minimum absolute atomic E-state index is 0.0707. The van der Waals surface area contributed by atoms with E-state index in [0.29, 0.717) is 16.7 Å². The second-order valence-corrected chi connectivity index (χ2v) is 7.92. The molecule has 0 saturated heterocycles. The van der Waals surface area contributed by atoms with Crippen LogP contribution in [0.3, 0.4) is 0 Å². The molecular formula is C21H17ClN2O3S. The number of hydrogen-bond acceptors (Lipinski definition) is 5. The summed E-state index contributed by atoms with van der Waals surface area (Å²) in [6, 6.07) is 9.46. The second-order valence-electron chi connectivity index (χ2n) is 6.50. The quantitative estimate of drug-likeness (QED) is 0.590. The highest BCUT2D eigenvalue weighted by Crippen LogP contribution is 2.41. The van der Waals surface area contributed by atoms with Crippen molar-refractivity contribution in [3.8, 4) is 11.1 Å². The van der Waals surface area contributed by atoms with Crippen molar-refractivity contribution in [3.05, 3.63) is 58.6 Å². The van der Waals surface area contributed by atoms with E-state index in [1.807, 2.05) is 43.3 Å². The number of carbonyl (C=O) groups is 2. The van der Waals surface area contributed by atoms with Gasteiger partial charge in [0.1, 0.15) is 0 Å². The lowest BCUT2D eigenvalue weighted by molar-refractivity contribution is -0.139. The number of aromatic nitrogens is 1. The minimum atomic E-state index is -0.304. The summed E-state index contributed by atoms with van der Waals surface area (Å²) in [5, 5.41) is 1.29. The first-order chi connectivity index (χ1) is 13.5. The Morgan fingerprint density at radius 3 is 2.71 bits per heavy atom. The number of nitrogens with zero attached hydrogens (tertiary/aromatic N) is 2. The van der Waals surface area contributed by atoms with Gasteiger partial charge in [-0.3, -0.25) is 14.5 Å². The van der Waals surface area contributed by atoms with Gasteiger partial charge in [-0.15, -0.1) is 0 Å². The van der Waals surface area contributed by atoms with Crippen LogP contribution in [0.25, 0.3) is 21.3 Å².